The number of hydrogen-bond acceptors (Lipinski definition) is 8. The van der Waals surface area contributed by atoms with Crippen LogP contribution in [-0.2, 0) is 18.9 Å². The zero-order valence-electron chi connectivity index (χ0n) is 55.0. The maximum absolute atomic E-state index is 6.54. The summed E-state index contributed by atoms with van der Waals surface area (Å²) in [7, 11) is 0. The number of ether oxygens (including phenoxy) is 4. The first-order chi connectivity index (χ1) is 39.8. The van der Waals surface area contributed by atoms with Gasteiger partial charge in [0.15, 0.2) is 20.2 Å². The van der Waals surface area contributed by atoms with Crippen molar-refractivity contribution < 1.29 is 18.9 Å². The van der Waals surface area contributed by atoms with Gasteiger partial charge in [-0.3, -0.25) is 0 Å². The number of rotatable bonds is 68. The van der Waals surface area contributed by atoms with Gasteiger partial charge in [0.1, 0.15) is 31.8 Å². The van der Waals surface area contributed by atoms with Crippen molar-refractivity contribution in [2.45, 2.75) is 413 Å². The zero-order chi connectivity index (χ0) is 58.9. The highest BCUT2D eigenvalue weighted by molar-refractivity contribution is 7.80. The summed E-state index contributed by atoms with van der Waals surface area (Å²) < 4.78 is 26.2. The quantitative estimate of drug-likeness (QED) is 0.0441. The summed E-state index contributed by atoms with van der Waals surface area (Å²) in [4.78, 5) is 0. The highest BCUT2D eigenvalue weighted by Crippen LogP contribution is 2.26. The minimum Gasteiger partial charge on any atom is -0.486 e. The predicted octanol–water partition coefficient (Wildman–Crippen LogP) is 26.8. The maximum Gasteiger partial charge on any atom is 0.159 e. The highest BCUT2D eigenvalue weighted by atomic mass is 32.1. The molecule has 0 rings (SSSR count). The molecule has 0 unspecified atom stereocenters. The molecule has 0 radical (unpaired) electrons. The van der Waals surface area contributed by atoms with Crippen LogP contribution in [0.3, 0.4) is 0 Å². The summed E-state index contributed by atoms with van der Waals surface area (Å²) in [5, 5.41) is 2.66. The lowest BCUT2D eigenvalue weighted by molar-refractivity contribution is -0.0163. The summed E-state index contributed by atoms with van der Waals surface area (Å²) in [6.45, 7) is 10.5. The smallest absolute Gasteiger partial charge is 0.159 e. The minimum absolute atomic E-state index is 0.328. The Balaban J connectivity index is 5.41. The lowest BCUT2D eigenvalue weighted by Gasteiger charge is -2.33. The lowest BCUT2D eigenvalue weighted by atomic mass is 9.92. The molecule has 8 heteroatoms. The van der Waals surface area contributed by atoms with Gasteiger partial charge < -0.3 is 18.9 Å². The van der Waals surface area contributed by atoms with Crippen molar-refractivity contribution in [2.24, 2.45) is 5.41 Å². The van der Waals surface area contributed by atoms with Gasteiger partial charge >= 0.3 is 0 Å². The minimum atomic E-state index is -0.668. The molecule has 0 saturated heterocycles. The first kappa shape index (κ1) is 80.6. The van der Waals surface area contributed by atoms with Crippen LogP contribution in [0.4, 0.5) is 0 Å². The van der Waals surface area contributed by atoms with Gasteiger partial charge in [-0.1, -0.05) is 362 Å². The van der Waals surface area contributed by atoms with E-state index in [4.69, 9.17) is 67.8 Å². The second kappa shape index (κ2) is 67.1. The standard InChI is InChI=1S/C73H140O4S4/c1-5-9-13-17-21-25-29-33-37-41-45-49-53-57-61-69(78)74-65-73(66-75-70(79)62-58-54-50-46-42-38-34-30-26-22-18-14-10-6-2,67-76-71(80)63-59-55-51-47-43-39-35-31-27-23-19-15-11-7-3)68-77-72(81)64-60-56-52-48-44-40-36-32-28-24-20-16-12-8-4/h5-68H2,1-4H3. The van der Waals surface area contributed by atoms with E-state index in [1.807, 2.05) is 0 Å². The van der Waals surface area contributed by atoms with E-state index in [1.54, 1.807) is 0 Å². The van der Waals surface area contributed by atoms with Crippen molar-refractivity contribution in [3.05, 3.63) is 0 Å². The second-order valence-corrected chi connectivity index (χ2v) is 27.3. The van der Waals surface area contributed by atoms with Crippen LogP contribution < -0.4 is 0 Å². The van der Waals surface area contributed by atoms with E-state index in [9.17, 15) is 0 Å². The first-order valence-corrected chi connectivity index (χ1v) is 38.1. The Labute approximate surface area is 529 Å². The fraction of sp³-hybridized carbons (Fsp3) is 0.945. The summed E-state index contributed by atoms with van der Waals surface area (Å²) in [6, 6.07) is 0. The molecule has 0 aromatic rings. The van der Waals surface area contributed by atoms with E-state index in [-0.39, 0.29) is 0 Å². The van der Waals surface area contributed by atoms with Crippen molar-refractivity contribution in [2.75, 3.05) is 26.4 Å². The van der Waals surface area contributed by atoms with Crippen LogP contribution in [0.15, 0.2) is 0 Å². The molecule has 0 heterocycles. The number of hydrogen-bond donors (Lipinski definition) is 0. The molecule has 0 fully saturated rings. The Bertz CT molecular complexity index is 1130. The third-order valence-corrected chi connectivity index (χ3v) is 18.4. The van der Waals surface area contributed by atoms with Gasteiger partial charge in [0, 0.05) is 25.7 Å². The van der Waals surface area contributed by atoms with Crippen LogP contribution in [-0.4, -0.2) is 46.6 Å². The zero-order valence-corrected chi connectivity index (χ0v) is 58.3. The van der Waals surface area contributed by atoms with E-state index in [2.05, 4.69) is 27.7 Å². The third-order valence-electron chi connectivity index (χ3n) is 17.1. The second-order valence-electron chi connectivity index (χ2n) is 25.5. The van der Waals surface area contributed by atoms with Crippen molar-refractivity contribution in [3.8, 4) is 0 Å². The molecule has 480 valence electrons. The molecular formula is C73H140O4S4. The maximum atomic E-state index is 6.54. The molecule has 0 aromatic heterocycles. The topological polar surface area (TPSA) is 36.9 Å². The summed E-state index contributed by atoms with van der Waals surface area (Å²) in [5.41, 5.74) is -0.668. The first-order valence-electron chi connectivity index (χ1n) is 36.4. The average molecular weight is 1210 g/mol. The molecule has 4 nitrogen and oxygen atoms in total. The van der Waals surface area contributed by atoms with E-state index in [1.165, 1.54) is 334 Å². The fourth-order valence-corrected chi connectivity index (χ4v) is 12.1. The Morgan fingerprint density at radius 3 is 0.420 bits per heavy atom. The summed E-state index contributed by atoms with van der Waals surface area (Å²) >= 11 is 23.7. The van der Waals surface area contributed by atoms with Crippen LogP contribution in [0.1, 0.15) is 413 Å². The molecule has 0 atom stereocenters. The van der Waals surface area contributed by atoms with Crippen LogP contribution in [0.5, 0.6) is 0 Å². The van der Waals surface area contributed by atoms with Gasteiger partial charge in [-0.05, 0) is 74.6 Å². The molecule has 0 aromatic carbocycles. The monoisotopic (exact) mass is 1210 g/mol. The van der Waals surface area contributed by atoms with E-state index in [0.29, 0.717) is 46.6 Å². The van der Waals surface area contributed by atoms with Crippen LogP contribution >= 0.6 is 48.9 Å². The van der Waals surface area contributed by atoms with Crippen LogP contribution in [0.2, 0.25) is 0 Å². The molecule has 0 aliphatic carbocycles. The Morgan fingerprint density at radius 2 is 0.296 bits per heavy atom. The molecule has 0 bridgehead atoms. The molecule has 0 spiro atoms. The molecule has 0 aliphatic rings. The Kier molecular flexibility index (Phi) is 66.7. The predicted molar refractivity (Wildman–Crippen MR) is 376 cm³/mol. The van der Waals surface area contributed by atoms with Crippen LogP contribution in [0.25, 0.3) is 0 Å². The van der Waals surface area contributed by atoms with E-state index >= 15 is 0 Å². The molecule has 81 heavy (non-hydrogen) atoms. The average Bonchev–Trinajstić information content (AvgIpc) is 3.47. The van der Waals surface area contributed by atoms with Gasteiger partial charge in [0.2, 0.25) is 0 Å². The largest absolute Gasteiger partial charge is 0.486 e. The number of thiocarbonyl (C=S) groups is 4. The van der Waals surface area contributed by atoms with Gasteiger partial charge in [-0.25, -0.2) is 0 Å². The van der Waals surface area contributed by atoms with Gasteiger partial charge in [0.05, 0.1) is 0 Å². The van der Waals surface area contributed by atoms with Crippen molar-refractivity contribution >= 4 is 69.1 Å². The summed E-state index contributed by atoms with van der Waals surface area (Å²) in [6.07, 6.45) is 78.2. The fourth-order valence-electron chi connectivity index (χ4n) is 11.3. The Hall–Kier alpha value is -0.440. The third kappa shape index (κ3) is 62.4. The molecule has 0 amide bonds. The summed E-state index contributed by atoms with van der Waals surface area (Å²) in [5.74, 6) is 0. The molecule has 0 aliphatic heterocycles. The normalized spacial score (nSPS) is 11.6. The van der Waals surface area contributed by atoms with Gasteiger partial charge in [0.25, 0.3) is 0 Å². The lowest BCUT2D eigenvalue weighted by Crippen LogP contribution is -2.43. The molecule has 0 N–H and O–H groups in total. The van der Waals surface area contributed by atoms with Crippen LogP contribution in [0, 0.1) is 5.41 Å². The molecule has 0 saturated carbocycles. The molecular weight excluding hydrogens is 1070 g/mol. The van der Waals surface area contributed by atoms with Gasteiger partial charge in [-0.2, -0.15) is 0 Å². The Morgan fingerprint density at radius 1 is 0.185 bits per heavy atom. The van der Waals surface area contributed by atoms with E-state index in [0.717, 1.165) is 51.4 Å². The number of unbranched alkanes of at least 4 members (excludes halogenated alkanes) is 52. The van der Waals surface area contributed by atoms with Gasteiger partial charge in [-0.15, -0.1) is 0 Å². The van der Waals surface area contributed by atoms with Crippen molar-refractivity contribution in [3.63, 3.8) is 0 Å². The SMILES string of the molecule is CCCCCCCCCCCCCCCCC(=S)OCC(COC(=S)CCCCCCCCCCCCCCCC)(COC(=S)CCCCCCCCCCCCCCCC)COC(=S)CCCCCCCCCCCCCCCC. The van der Waals surface area contributed by atoms with E-state index < -0.39 is 5.41 Å². The van der Waals surface area contributed by atoms with Crippen molar-refractivity contribution in [1.82, 2.24) is 0 Å². The van der Waals surface area contributed by atoms with Crippen molar-refractivity contribution in [1.29, 1.82) is 0 Å². The highest BCUT2D eigenvalue weighted by Gasteiger charge is 2.37.